The maximum atomic E-state index is 9.26. The molecular formula is C16H21ClN2O. The van der Waals surface area contributed by atoms with Crippen molar-refractivity contribution in [3.8, 4) is 0 Å². The fourth-order valence-electron chi connectivity index (χ4n) is 2.57. The van der Waals surface area contributed by atoms with Gasteiger partial charge in [0.2, 0.25) is 0 Å². The van der Waals surface area contributed by atoms with E-state index in [4.69, 9.17) is 11.6 Å². The third kappa shape index (κ3) is 3.00. The van der Waals surface area contributed by atoms with Crippen molar-refractivity contribution in [2.24, 2.45) is 5.92 Å². The molecule has 0 aliphatic heterocycles. The Hall–Kier alpha value is -1.03. The number of aliphatic hydroxyl groups is 1. The van der Waals surface area contributed by atoms with Gasteiger partial charge in [0, 0.05) is 47.9 Å². The van der Waals surface area contributed by atoms with Crippen molar-refractivity contribution < 1.29 is 5.11 Å². The van der Waals surface area contributed by atoms with E-state index in [9.17, 15) is 5.11 Å². The van der Waals surface area contributed by atoms with Crippen molar-refractivity contribution in [3.63, 3.8) is 0 Å². The van der Waals surface area contributed by atoms with Crippen LogP contribution >= 0.6 is 11.6 Å². The molecule has 0 bridgehead atoms. The van der Waals surface area contributed by atoms with Crippen LogP contribution in [0, 0.1) is 5.92 Å². The van der Waals surface area contributed by atoms with Crippen LogP contribution in [0.4, 0.5) is 0 Å². The topological polar surface area (TPSA) is 37.2 Å². The van der Waals surface area contributed by atoms with E-state index < -0.39 is 0 Å². The van der Waals surface area contributed by atoms with Crippen LogP contribution in [0.1, 0.15) is 25.3 Å². The number of nitrogens with zero attached hydrogens (tertiary/aromatic N) is 1. The maximum absolute atomic E-state index is 9.26. The molecular weight excluding hydrogens is 272 g/mol. The molecule has 1 atom stereocenters. The van der Waals surface area contributed by atoms with E-state index in [1.54, 1.807) is 0 Å². The van der Waals surface area contributed by atoms with Gasteiger partial charge < -0.3 is 15.0 Å². The van der Waals surface area contributed by atoms with Gasteiger partial charge in [-0.15, -0.1) is 0 Å². The normalized spacial score (nSPS) is 16.8. The summed E-state index contributed by atoms with van der Waals surface area (Å²) in [5, 5.41) is 14.8. The van der Waals surface area contributed by atoms with Gasteiger partial charge in [-0.3, -0.25) is 0 Å². The minimum Gasteiger partial charge on any atom is -0.396 e. The van der Waals surface area contributed by atoms with Crippen LogP contribution in [-0.2, 0) is 13.1 Å². The number of rotatable bonds is 6. The Bertz CT molecular complexity index is 604. The highest BCUT2D eigenvalue weighted by Gasteiger charge is 2.21. The van der Waals surface area contributed by atoms with Crippen LogP contribution in [0.25, 0.3) is 10.9 Å². The first kappa shape index (κ1) is 13.9. The lowest BCUT2D eigenvalue weighted by molar-refractivity contribution is 0.224. The number of aromatic nitrogens is 1. The fraction of sp³-hybridized carbons (Fsp3) is 0.500. The second-order valence-corrected chi connectivity index (χ2v) is 6.35. The van der Waals surface area contributed by atoms with E-state index in [1.807, 2.05) is 12.1 Å². The van der Waals surface area contributed by atoms with Gasteiger partial charge in [-0.2, -0.15) is 0 Å². The summed E-state index contributed by atoms with van der Waals surface area (Å²) in [6, 6.07) is 6.77. The lowest BCUT2D eigenvalue weighted by atomic mass is 10.1. The van der Waals surface area contributed by atoms with E-state index in [-0.39, 0.29) is 12.5 Å². The predicted octanol–water partition coefficient (Wildman–Crippen LogP) is 3.18. The Morgan fingerprint density at radius 2 is 2.25 bits per heavy atom. The minimum atomic E-state index is 0.204. The Kier molecular flexibility index (Phi) is 4.01. The van der Waals surface area contributed by atoms with Crippen LogP contribution in [0.3, 0.4) is 0 Å². The van der Waals surface area contributed by atoms with Gasteiger partial charge in [-0.1, -0.05) is 24.6 Å². The SMILES string of the molecule is CC(CO)Cn1cc(CNC2CC2)c2ccc(Cl)cc21. The highest BCUT2D eigenvalue weighted by atomic mass is 35.5. The summed E-state index contributed by atoms with van der Waals surface area (Å²) in [5.41, 5.74) is 2.47. The molecule has 1 aromatic heterocycles. The van der Waals surface area contributed by atoms with Crippen molar-refractivity contribution in [1.82, 2.24) is 9.88 Å². The number of fused-ring (bicyclic) bond motifs is 1. The number of aliphatic hydroxyl groups excluding tert-OH is 1. The monoisotopic (exact) mass is 292 g/mol. The highest BCUT2D eigenvalue weighted by Crippen LogP contribution is 2.27. The lowest BCUT2D eigenvalue weighted by Crippen LogP contribution is -2.15. The first-order valence-electron chi connectivity index (χ1n) is 7.29. The summed E-state index contributed by atoms with van der Waals surface area (Å²) in [7, 11) is 0. The average molecular weight is 293 g/mol. The molecule has 1 saturated carbocycles. The molecule has 0 saturated heterocycles. The van der Waals surface area contributed by atoms with Crippen molar-refractivity contribution in [1.29, 1.82) is 0 Å². The third-order valence-electron chi connectivity index (χ3n) is 3.91. The largest absolute Gasteiger partial charge is 0.396 e. The summed E-state index contributed by atoms with van der Waals surface area (Å²) < 4.78 is 2.21. The quantitative estimate of drug-likeness (QED) is 0.858. The molecule has 4 heteroatoms. The molecule has 0 radical (unpaired) electrons. The molecule has 108 valence electrons. The molecule has 1 aromatic carbocycles. The van der Waals surface area contributed by atoms with E-state index in [0.29, 0.717) is 6.04 Å². The zero-order chi connectivity index (χ0) is 14.1. The van der Waals surface area contributed by atoms with Gasteiger partial charge in [0.05, 0.1) is 0 Å². The molecule has 1 aliphatic rings. The zero-order valence-electron chi connectivity index (χ0n) is 11.8. The number of benzene rings is 1. The molecule has 3 rings (SSSR count). The van der Waals surface area contributed by atoms with Crippen molar-refractivity contribution in [2.45, 2.75) is 38.9 Å². The van der Waals surface area contributed by atoms with E-state index in [2.05, 4.69) is 29.1 Å². The molecule has 1 aliphatic carbocycles. The molecule has 20 heavy (non-hydrogen) atoms. The minimum absolute atomic E-state index is 0.204. The second kappa shape index (κ2) is 5.76. The van der Waals surface area contributed by atoms with Gasteiger partial charge in [0.15, 0.2) is 0 Å². The average Bonchev–Trinajstić information content (AvgIpc) is 3.21. The molecule has 2 aromatic rings. The Morgan fingerprint density at radius 3 is 2.95 bits per heavy atom. The standard InChI is InChI=1S/C16H21ClN2O/c1-11(10-20)8-19-9-12(7-18-14-3-4-14)15-5-2-13(17)6-16(15)19/h2,5-6,9,11,14,18,20H,3-4,7-8,10H2,1H3. The summed E-state index contributed by atoms with van der Waals surface area (Å²) in [6.45, 7) is 3.98. The lowest BCUT2D eigenvalue weighted by Gasteiger charge is -2.10. The van der Waals surface area contributed by atoms with Crippen LogP contribution in [0.5, 0.6) is 0 Å². The summed E-state index contributed by atoms with van der Waals surface area (Å²) in [5.74, 6) is 0.244. The first-order valence-corrected chi connectivity index (χ1v) is 7.66. The van der Waals surface area contributed by atoms with Gasteiger partial charge in [0.1, 0.15) is 0 Å². The van der Waals surface area contributed by atoms with Crippen molar-refractivity contribution in [3.05, 3.63) is 35.0 Å². The second-order valence-electron chi connectivity index (χ2n) is 5.91. The number of hydrogen-bond donors (Lipinski definition) is 2. The number of nitrogens with one attached hydrogen (secondary N) is 1. The van der Waals surface area contributed by atoms with Crippen LogP contribution in [-0.4, -0.2) is 22.3 Å². The van der Waals surface area contributed by atoms with Gasteiger partial charge in [-0.25, -0.2) is 0 Å². The van der Waals surface area contributed by atoms with E-state index in [1.165, 1.54) is 23.8 Å². The molecule has 2 N–H and O–H groups in total. The smallest absolute Gasteiger partial charge is 0.0498 e. The van der Waals surface area contributed by atoms with Crippen LogP contribution < -0.4 is 5.32 Å². The molecule has 0 amide bonds. The van der Waals surface area contributed by atoms with E-state index in [0.717, 1.165) is 23.6 Å². The van der Waals surface area contributed by atoms with Gasteiger partial charge >= 0.3 is 0 Å². The van der Waals surface area contributed by atoms with Crippen LogP contribution in [0.15, 0.2) is 24.4 Å². The number of halogens is 1. The Morgan fingerprint density at radius 1 is 1.45 bits per heavy atom. The van der Waals surface area contributed by atoms with Crippen molar-refractivity contribution in [2.75, 3.05) is 6.61 Å². The molecule has 1 unspecified atom stereocenters. The first-order chi connectivity index (χ1) is 9.67. The molecule has 0 spiro atoms. The van der Waals surface area contributed by atoms with Gasteiger partial charge in [0.25, 0.3) is 0 Å². The fourth-order valence-corrected chi connectivity index (χ4v) is 2.73. The Labute approximate surface area is 124 Å². The molecule has 1 heterocycles. The molecule has 1 fully saturated rings. The summed E-state index contributed by atoms with van der Waals surface area (Å²) >= 11 is 6.13. The third-order valence-corrected chi connectivity index (χ3v) is 4.14. The number of hydrogen-bond acceptors (Lipinski definition) is 2. The summed E-state index contributed by atoms with van der Waals surface area (Å²) in [6.07, 6.45) is 4.79. The van der Waals surface area contributed by atoms with Gasteiger partial charge in [-0.05, 0) is 36.5 Å². The summed E-state index contributed by atoms with van der Waals surface area (Å²) in [4.78, 5) is 0. The van der Waals surface area contributed by atoms with E-state index >= 15 is 0 Å². The van der Waals surface area contributed by atoms with Crippen molar-refractivity contribution >= 4 is 22.5 Å². The highest BCUT2D eigenvalue weighted by molar-refractivity contribution is 6.31. The zero-order valence-corrected chi connectivity index (χ0v) is 12.5. The molecule has 3 nitrogen and oxygen atoms in total. The predicted molar refractivity (Wildman–Crippen MR) is 83.1 cm³/mol. The van der Waals surface area contributed by atoms with Crippen LogP contribution in [0.2, 0.25) is 5.02 Å². The maximum Gasteiger partial charge on any atom is 0.0498 e. The Balaban J connectivity index is 1.92.